The van der Waals surface area contributed by atoms with Gasteiger partial charge in [0.25, 0.3) is 5.91 Å². The average Bonchev–Trinajstić information content (AvgIpc) is 3.30. The van der Waals surface area contributed by atoms with Crippen LogP contribution in [0.3, 0.4) is 0 Å². The van der Waals surface area contributed by atoms with Gasteiger partial charge in [0.15, 0.2) is 0 Å². The number of thiophene rings is 1. The van der Waals surface area contributed by atoms with Crippen molar-refractivity contribution in [3.8, 4) is 11.4 Å². The Morgan fingerprint density at radius 1 is 1.32 bits per heavy atom. The molecule has 0 spiro atoms. The van der Waals surface area contributed by atoms with E-state index in [9.17, 15) is 4.79 Å². The van der Waals surface area contributed by atoms with Crippen LogP contribution in [0.4, 0.5) is 0 Å². The molecule has 130 valence electrons. The van der Waals surface area contributed by atoms with Gasteiger partial charge in [0, 0.05) is 5.56 Å². The van der Waals surface area contributed by atoms with Crippen LogP contribution in [0.5, 0.6) is 0 Å². The van der Waals surface area contributed by atoms with Gasteiger partial charge in [-0.3, -0.25) is 4.79 Å². The molecule has 2 unspecified atom stereocenters. The highest BCUT2D eigenvalue weighted by molar-refractivity contribution is 7.12. The van der Waals surface area contributed by atoms with E-state index in [1.54, 1.807) is 6.07 Å². The van der Waals surface area contributed by atoms with Gasteiger partial charge in [0.05, 0.1) is 4.88 Å². The van der Waals surface area contributed by atoms with E-state index in [2.05, 4.69) is 29.3 Å². The standard InChI is InChI=1S/C19H21N3O2S/c1-4-13(3)16(20-18(23)15-9-6-10-25-15)19-21-17(22-24-19)14-8-5-7-12(2)11-14/h5-11,13,16H,4H2,1-3H3,(H,20,23). The van der Waals surface area contributed by atoms with Gasteiger partial charge >= 0.3 is 0 Å². The van der Waals surface area contributed by atoms with Crippen molar-refractivity contribution in [1.82, 2.24) is 15.5 Å². The van der Waals surface area contributed by atoms with Gasteiger partial charge in [-0.15, -0.1) is 11.3 Å². The lowest BCUT2D eigenvalue weighted by Gasteiger charge is -2.20. The zero-order valence-corrected chi connectivity index (χ0v) is 15.3. The predicted molar refractivity (Wildman–Crippen MR) is 98.5 cm³/mol. The number of nitrogens with zero attached hydrogens (tertiary/aromatic N) is 2. The molecule has 0 bridgehead atoms. The first-order valence-corrected chi connectivity index (χ1v) is 9.21. The number of hydrogen-bond donors (Lipinski definition) is 1. The van der Waals surface area contributed by atoms with Crippen molar-refractivity contribution in [3.63, 3.8) is 0 Å². The SMILES string of the molecule is CCC(C)C(NC(=O)c1cccs1)c1nc(-c2cccc(C)c2)no1. The molecule has 0 aliphatic heterocycles. The lowest BCUT2D eigenvalue weighted by Crippen LogP contribution is -2.32. The largest absolute Gasteiger partial charge is 0.339 e. The van der Waals surface area contributed by atoms with Crippen LogP contribution in [-0.2, 0) is 0 Å². The van der Waals surface area contributed by atoms with Crippen LogP contribution in [-0.4, -0.2) is 16.0 Å². The number of rotatable bonds is 6. The summed E-state index contributed by atoms with van der Waals surface area (Å²) in [5, 5.41) is 9.02. The number of nitrogens with one attached hydrogen (secondary N) is 1. The molecular formula is C19H21N3O2S. The Labute approximate surface area is 151 Å². The predicted octanol–water partition coefficient (Wildman–Crippen LogP) is 4.62. The van der Waals surface area contributed by atoms with Gasteiger partial charge in [0.1, 0.15) is 6.04 Å². The Balaban J connectivity index is 1.85. The Morgan fingerprint density at radius 2 is 2.16 bits per heavy atom. The van der Waals surface area contributed by atoms with Crippen molar-refractivity contribution in [2.45, 2.75) is 33.2 Å². The third-order valence-corrected chi connectivity index (χ3v) is 5.10. The fourth-order valence-electron chi connectivity index (χ4n) is 2.57. The summed E-state index contributed by atoms with van der Waals surface area (Å²) in [7, 11) is 0. The molecule has 0 saturated heterocycles. The molecule has 5 nitrogen and oxygen atoms in total. The van der Waals surface area contributed by atoms with E-state index in [0.717, 1.165) is 17.5 Å². The number of amides is 1. The molecule has 0 radical (unpaired) electrons. The Bertz CT molecular complexity index is 842. The summed E-state index contributed by atoms with van der Waals surface area (Å²) in [5.41, 5.74) is 2.04. The first-order valence-electron chi connectivity index (χ1n) is 8.33. The fraction of sp³-hybridized carbons (Fsp3) is 0.316. The van der Waals surface area contributed by atoms with Gasteiger partial charge in [-0.25, -0.2) is 0 Å². The van der Waals surface area contributed by atoms with E-state index in [0.29, 0.717) is 16.6 Å². The maximum atomic E-state index is 12.4. The second-order valence-corrected chi connectivity index (χ2v) is 7.09. The quantitative estimate of drug-likeness (QED) is 0.700. The van der Waals surface area contributed by atoms with Crippen LogP contribution in [0, 0.1) is 12.8 Å². The lowest BCUT2D eigenvalue weighted by molar-refractivity contribution is 0.0914. The minimum absolute atomic E-state index is 0.115. The van der Waals surface area contributed by atoms with Crippen molar-refractivity contribution in [3.05, 3.63) is 58.1 Å². The highest BCUT2D eigenvalue weighted by atomic mass is 32.1. The molecule has 25 heavy (non-hydrogen) atoms. The van der Waals surface area contributed by atoms with E-state index in [-0.39, 0.29) is 17.9 Å². The molecule has 6 heteroatoms. The number of hydrogen-bond acceptors (Lipinski definition) is 5. The van der Waals surface area contributed by atoms with Crippen molar-refractivity contribution >= 4 is 17.2 Å². The van der Waals surface area contributed by atoms with Gasteiger partial charge < -0.3 is 9.84 Å². The number of carbonyl (C=O) groups excluding carboxylic acids is 1. The topological polar surface area (TPSA) is 68.0 Å². The minimum atomic E-state index is -0.314. The molecule has 1 aromatic carbocycles. The highest BCUT2D eigenvalue weighted by Crippen LogP contribution is 2.26. The third kappa shape index (κ3) is 3.96. The van der Waals surface area contributed by atoms with Crippen LogP contribution < -0.4 is 5.32 Å². The number of carbonyl (C=O) groups is 1. The van der Waals surface area contributed by atoms with Crippen LogP contribution in [0.1, 0.15) is 47.4 Å². The van der Waals surface area contributed by atoms with Gasteiger partial charge in [-0.05, 0) is 30.4 Å². The Morgan fingerprint density at radius 3 is 2.84 bits per heavy atom. The van der Waals surface area contributed by atoms with Crippen molar-refractivity contribution < 1.29 is 9.32 Å². The molecule has 0 aliphatic carbocycles. The van der Waals surface area contributed by atoms with Crippen molar-refractivity contribution in [1.29, 1.82) is 0 Å². The van der Waals surface area contributed by atoms with E-state index < -0.39 is 0 Å². The molecule has 3 rings (SSSR count). The first kappa shape index (κ1) is 17.4. The third-order valence-electron chi connectivity index (χ3n) is 4.23. The lowest BCUT2D eigenvalue weighted by atomic mass is 9.99. The number of aromatic nitrogens is 2. The summed E-state index contributed by atoms with van der Waals surface area (Å²) in [6.07, 6.45) is 0.886. The van der Waals surface area contributed by atoms with Crippen LogP contribution in [0.25, 0.3) is 11.4 Å². The van der Waals surface area contributed by atoms with Crippen molar-refractivity contribution in [2.75, 3.05) is 0 Å². The van der Waals surface area contributed by atoms with E-state index >= 15 is 0 Å². The zero-order valence-electron chi connectivity index (χ0n) is 14.5. The summed E-state index contributed by atoms with van der Waals surface area (Å²) in [6.45, 7) is 6.16. The molecule has 1 N–H and O–H groups in total. The van der Waals surface area contributed by atoms with Crippen molar-refractivity contribution in [2.24, 2.45) is 5.92 Å². The summed E-state index contributed by atoms with van der Waals surface area (Å²) in [5.74, 6) is 1.04. The normalized spacial score (nSPS) is 13.4. The molecule has 1 amide bonds. The van der Waals surface area contributed by atoms with Crippen LogP contribution in [0.15, 0.2) is 46.3 Å². The molecule has 0 aliphatic rings. The first-order chi connectivity index (χ1) is 12.1. The Hall–Kier alpha value is -2.47. The molecule has 2 heterocycles. The van der Waals surface area contributed by atoms with Gasteiger partial charge in [-0.2, -0.15) is 4.98 Å². The molecule has 2 aromatic heterocycles. The summed E-state index contributed by atoms with van der Waals surface area (Å²) in [6, 6.07) is 11.3. The van der Waals surface area contributed by atoms with Crippen LogP contribution in [0.2, 0.25) is 0 Å². The second kappa shape index (κ2) is 7.61. The molecule has 0 fully saturated rings. The summed E-state index contributed by atoms with van der Waals surface area (Å²) >= 11 is 1.41. The fourth-order valence-corrected chi connectivity index (χ4v) is 3.19. The summed E-state index contributed by atoms with van der Waals surface area (Å²) < 4.78 is 5.49. The van der Waals surface area contributed by atoms with E-state index in [4.69, 9.17) is 4.52 Å². The molecule has 3 aromatic rings. The zero-order chi connectivity index (χ0) is 17.8. The van der Waals surface area contributed by atoms with Gasteiger partial charge in [-0.1, -0.05) is 55.3 Å². The van der Waals surface area contributed by atoms with Crippen LogP contribution >= 0.6 is 11.3 Å². The summed E-state index contributed by atoms with van der Waals surface area (Å²) in [4.78, 5) is 17.6. The average molecular weight is 355 g/mol. The second-order valence-electron chi connectivity index (χ2n) is 6.14. The van der Waals surface area contributed by atoms with E-state index in [1.807, 2.05) is 42.6 Å². The maximum Gasteiger partial charge on any atom is 0.262 e. The van der Waals surface area contributed by atoms with E-state index in [1.165, 1.54) is 11.3 Å². The molecule has 2 atom stereocenters. The van der Waals surface area contributed by atoms with Gasteiger partial charge in [0.2, 0.25) is 11.7 Å². The smallest absolute Gasteiger partial charge is 0.262 e. The monoisotopic (exact) mass is 355 g/mol. The molecular weight excluding hydrogens is 334 g/mol. The number of aryl methyl sites for hydroxylation is 1. The highest BCUT2D eigenvalue weighted by Gasteiger charge is 2.27. The minimum Gasteiger partial charge on any atom is -0.339 e. The molecule has 0 saturated carbocycles. The number of benzene rings is 1. The maximum absolute atomic E-state index is 12.4. The Kier molecular flexibility index (Phi) is 5.28.